The normalized spacial score (nSPS) is 24.1. The van der Waals surface area contributed by atoms with Gasteiger partial charge in [0.15, 0.2) is 5.69 Å². The van der Waals surface area contributed by atoms with E-state index in [0.717, 1.165) is 104 Å². The number of anilines is 2. The number of piperazine rings is 1. The highest BCUT2D eigenvalue weighted by molar-refractivity contribution is 6.23. The molecule has 4 fully saturated rings. The molecular formula is C41H39FN9O4+. The third kappa shape index (κ3) is 5.65. The fourth-order valence-electron chi connectivity index (χ4n) is 9.07. The van der Waals surface area contributed by atoms with Crippen molar-refractivity contribution in [2.45, 2.75) is 43.8 Å². The minimum atomic E-state index is -0.976. The molecule has 0 aliphatic carbocycles. The molecule has 0 radical (unpaired) electrons. The van der Waals surface area contributed by atoms with Gasteiger partial charge in [0.2, 0.25) is 17.6 Å². The maximum atomic E-state index is 14.2. The minimum absolute atomic E-state index is 0.0901. The van der Waals surface area contributed by atoms with Crippen LogP contribution in [-0.2, 0) is 9.59 Å². The third-order valence-corrected chi connectivity index (χ3v) is 12.0. The van der Waals surface area contributed by atoms with Crippen LogP contribution in [0, 0.1) is 5.82 Å². The van der Waals surface area contributed by atoms with Crippen molar-refractivity contribution in [3.05, 3.63) is 101 Å². The number of rotatable bonds is 6. The van der Waals surface area contributed by atoms with Crippen LogP contribution in [-0.4, -0.2) is 116 Å². The second-order valence-corrected chi connectivity index (χ2v) is 15.1. The number of imide groups is 2. The van der Waals surface area contributed by atoms with Crippen LogP contribution >= 0.6 is 0 Å². The number of halogens is 1. The smallest absolute Gasteiger partial charge is 0.284 e. The van der Waals surface area contributed by atoms with Gasteiger partial charge >= 0.3 is 0 Å². The summed E-state index contributed by atoms with van der Waals surface area (Å²) >= 11 is 0. The molecule has 13 nitrogen and oxygen atoms in total. The van der Waals surface area contributed by atoms with Gasteiger partial charge in [0.25, 0.3) is 17.6 Å². The van der Waals surface area contributed by atoms with Gasteiger partial charge in [-0.3, -0.25) is 38.9 Å². The first-order chi connectivity index (χ1) is 26.8. The molecule has 0 bridgehead atoms. The number of aromatic nitrogens is 3. The van der Waals surface area contributed by atoms with E-state index >= 15 is 0 Å². The Bertz CT molecular complexity index is 2360. The van der Waals surface area contributed by atoms with Gasteiger partial charge in [-0.1, -0.05) is 18.2 Å². The molecule has 2 atom stereocenters. The first-order valence-electron chi connectivity index (χ1n) is 19.0. The number of benzene rings is 2. The highest BCUT2D eigenvalue weighted by Gasteiger charge is 2.45. The van der Waals surface area contributed by atoms with E-state index < -0.39 is 29.7 Å². The Morgan fingerprint density at radius 2 is 1.65 bits per heavy atom. The summed E-state index contributed by atoms with van der Waals surface area (Å²) < 4.78 is 18.7. The zero-order valence-electron chi connectivity index (χ0n) is 30.1. The van der Waals surface area contributed by atoms with Crippen molar-refractivity contribution in [1.29, 1.82) is 0 Å². The molecule has 278 valence electrons. The summed E-state index contributed by atoms with van der Waals surface area (Å²) in [5, 5.41) is 2.24. The predicted molar refractivity (Wildman–Crippen MR) is 201 cm³/mol. The van der Waals surface area contributed by atoms with E-state index in [1.54, 1.807) is 24.3 Å². The number of piperidine rings is 1. The monoisotopic (exact) mass is 740 g/mol. The summed E-state index contributed by atoms with van der Waals surface area (Å²) in [4.78, 5) is 68.4. The molecule has 1 N–H and O–H groups in total. The number of hydrogen-bond acceptors (Lipinski definition) is 9. The predicted octanol–water partition coefficient (Wildman–Crippen LogP) is 3.32. The van der Waals surface area contributed by atoms with Gasteiger partial charge in [-0.05, 0) is 67.3 Å². The molecule has 6 aliphatic rings. The Labute approximate surface area is 316 Å². The summed E-state index contributed by atoms with van der Waals surface area (Å²) in [6, 6.07) is 17.9. The van der Waals surface area contributed by atoms with Crippen LogP contribution < -0.4 is 15.1 Å². The first-order valence-corrected chi connectivity index (χ1v) is 19.0. The van der Waals surface area contributed by atoms with Crippen LogP contribution in [0.15, 0.2) is 72.9 Å². The lowest BCUT2D eigenvalue weighted by atomic mass is 10.0. The number of pyridine rings is 1. The molecule has 55 heavy (non-hydrogen) atoms. The first kappa shape index (κ1) is 33.5. The van der Waals surface area contributed by atoms with E-state index in [1.165, 1.54) is 6.07 Å². The van der Waals surface area contributed by atoms with Crippen molar-refractivity contribution in [3.63, 3.8) is 0 Å². The SMILES string of the molecule is O=C1CCC(N2C(=O)c3ccc(N4CC(N5CCN(c6cccc(-c7cnc8n7C(=[N+]7CCCC7c7cccc(F)c7)C=C8)n6)CC5)C4)cc3C2=O)C(=O)N1. The number of nitrogens with zero attached hydrogens (tertiary/aromatic N) is 8. The standard InChI is InChI=1S/C41H38FN9O4/c42-26-5-1-4-25(20-26)32-7-3-15-49(32)38-14-12-35-43-22-34(50(35)38)31-6-2-8-36(44-31)47-18-16-46(17-19-47)28-23-48(24-28)27-9-10-29-30(21-27)41(55)51(40(29)54)33-11-13-37(52)45-39(33)53/h1-2,4-6,8-10,12,14,20-22,28,32-33H,3,7,11,13,15-19,23-24H2/p+1. The van der Waals surface area contributed by atoms with Crippen molar-refractivity contribution in [3.8, 4) is 11.4 Å². The van der Waals surface area contributed by atoms with Crippen LogP contribution in [0.4, 0.5) is 15.9 Å². The summed E-state index contributed by atoms with van der Waals surface area (Å²) in [5.74, 6) is 0.630. The van der Waals surface area contributed by atoms with Gasteiger partial charge in [0.05, 0.1) is 23.9 Å². The molecule has 0 saturated carbocycles. The lowest BCUT2D eigenvalue weighted by Gasteiger charge is -2.49. The average Bonchev–Trinajstić information content (AvgIpc) is 3.96. The lowest BCUT2D eigenvalue weighted by molar-refractivity contribution is -0.551. The molecular weight excluding hydrogens is 702 g/mol. The van der Waals surface area contributed by atoms with Crippen molar-refractivity contribution in [2.75, 3.05) is 55.6 Å². The van der Waals surface area contributed by atoms with E-state index in [2.05, 4.69) is 47.4 Å². The van der Waals surface area contributed by atoms with E-state index in [-0.39, 0.29) is 24.7 Å². The molecule has 2 aromatic carbocycles. The van der Waals surface area contributed by atoms with E-state index in [1.807, 2.05) is 30.5 Å². The molecule has 10 rings (SSSR count). The topological polar surface area (TPSA) is 127 Å². The van der Waals surface area contributed by atoms with Gasteiger partial charge in [-0.15, -0.1) is 0 Å². The quantitative estimate of drug-likeness (QED) is 0.234. The van der Waals surface area contributed by atoms with E-state index in [4.69, 9.17) is 9.97 Å². The Kier molecular flexibility index (Phi) is 7.98. The number of imidazole rings is 1. The molecule has 14 heteroatoms. The summed E-state index contributed by atoms with van der Waals surface area (Å²) in [5.41, 5.74) is 4.23. The largest absolute Gasteiger partial charge is 0.368 e. The minimum Gasteiger partial charge on any atom is -0.368 e. The number of amides is 4. The summed E-state index contributed by atoms with van der Waals surface area (Å²) in [6.45, 7) is 5.96. The van der Waals surface area contributed by atoms with Gasteiger partial charge in [-0.25, -0.2) is 14.4 Å². The summed E-state index contributed by atoms with van der Waals surface area (Å²) in [6.07, 6.45) is 8.25. The lowest BCUT2D eigenvalue weighted by Crippen LogP contribution is -2.63. The molecule has 4 saturated heterocycles. The third-order valence-electron chi connectivity index (χ3n) is 12.0. The van der Waals surface area contributed by atoms with Crippen LogP contribution in [0.2, 0.25) is 0 Å². The zero-order chi connectivity index (χ0) is 37.4. The van der Waals surface area contributed by atoms with Crippen LogP contribution in [0.5, 0.6) is 0 Å². The maximum absolute atomic E-state index is 14.2. The molecule has 8 heterocycles. The highest BCUT2D eigenvalue weighted by atomic mass is 19.1. The van der Waals surface area contributed by atoms with Gasteiger partial charge in [0, 0.05) is 69.6 Å². The number of fused-ring (bicyclic) bond motifs is 2. The van der Waals surface area contributed by atoms with E-state index in [0.29, 0.717) is 17.2 Å². The molecule has 2 unspecified atom stereocenters. The molecule has 2 aromatic heterocycles. The summed E-state index contributed by atoms with van der Waals surface area (Å²) in [7, 11) is 0. The molecule has 6 aliphatic heterocycles. The Hall–Kier alpha value is -6.02. The fraction of sp³-hybridized carbons (Fsp3) is 0.341. The Morgan fingerprint density at radius 1 is 0.836 bits per heavy atom. The van der Waals surface area contributed by atoms with Crippen molar-refractivity contribution < 1.29 is 28.1 Å². The molecule has 0 spiro atoms. The van der Waals surface area contributed by atoms with Gasteiger partial charge < -0.3 is 9.80 Å². The Morgan fingerprint density at radius 3 is 2.47 bits per heavy atom. The van der Waals surface area contributed by atoms with Gasteiger partial charge in [-0.2, -0.15) is 4.57 Å². The second kappa shape index (κ2) is 13.1. The van der Waals surface area contributed by atoms with Crippen LogP contribution in [0.25, 0.3) is 17.5 Å². The van der Waals surface area contributed by atoms with Crippen LogP contribution in [0.3, 0.4) is 0 Å². The second-order valence-electron chi connectivity index (χ2n) is 15.1. The molecule has 4 aromatic rings. The number of carbonyl (C=O) groups is 4. The maximum Gasteiger partial charge on any atom is 0.284 e. The number of hydrogen-bond donors (Lipinski definition) is 1. The van der Waals surface area contributed by atoms with Crippen molar-refractivity contribution in [1.82, 2.24) is 29.7 Å². The van der Waals surface area contributed by atoms with Crippen molar-refractivity contribution in [2.24, 2.45) is 0 Å². The Balaban J connectivity index is 0.789. The number of allylic oxidation sites excluding steroid dienone is 1. The molecule has 4 amide bonds. The van der Waals surface area contributed by atoms with Gasteiger partial charge in [0.1, 0.15) is 29.4 Å². The van der Waals surface area contributed by atoms with Crippen LogP contribution in [0.1, 0.15) is 63.8 Å². The number of carbonyl (C=O) groups excluding carboxylic acids is 4. The highest BCUT2D eigenvalue weighted by Crippen LogP contribution is 2.35. The van der Waals surface area contributed by atoms with E-state index in [9.17, 15) is 23.6 Å². The zero-order valence-corrected chi connectivity index (χ0v) is 30.1. The average molecular weight is 741 g/mol. The fourth-order valence-corrected chi connectivity index (χ4v) is 9.07. The van der Waals surface area contributed by atoms with Crippen molar-refractivity contribution >= 4 is 47.0 Å². The number of nitrogens with one attached hydrogen (secondary N) is 1.